The number of nitrogens with zero attached hydrogens (tertiary/aromatic N) is 1. The van der Waals surface area contributed by atoms with Crippen molar-refractivity contribution in [1.82, 2.24) is 15.2 Å². The molecule has 1 amide bonds. The Morgan fingerprint density at radius 2 is 2.10 bits per heavy atom. The van der Waals surface area contributed by atoms with Crippen LogP contribution in [-0.4, -0.2) is 21.1 Å². The van der Waals surface area contributed by atoms with Gasteiger partial charge >= 0.3 is 0 Å². The summed E-state index contributed by atoms with van der Waals surface area (Å²) >= 11 is 0. The van der Waals surface area contributed by atoms with E-state index in [2.05, 4.69) is 27.4 Å². The molecule has 6 nitrogen and oxygen atoms in total. The van der Waals surface area contributed by atoms with Crippen LogP contribution >= 0.6 is 0 Å². The van der Waals surface area contributed by atoms with Crippen molar-refractivity contribution in [1.29, 1.82) is 0 Å². The highest BCUT2D eigenvalue weighted by Gasteiger charge is 2.15. The molecule has 0 fully saturated rings. The third-order valence-corrected chi connectivity index (χ3v) is 2.98. The van der Waals surface area contributed by atoms with Crippen LogP contribution < -0.4 is 10.9 Å². The van der Waals surface area contributed by atoms with Crippen molar-refractivity contribution in [2.45, 2.75) is 33.6 Å². The zero-order valence-corrected chi connectivity index (χ0v) is 11.8. The van der Waals surface area contributed by atoms with Crippen LogP contribution in [0.4, 0.5) is 5.82 Å². The van der Waals surface area contributed by atoms with Gasteiger partial charge in [-0.3, -0.25) is 14.7 Å². The quantitative estimate of drug-likeness (QED) is 0.795. The molecule has 3 N–H and O–H groups in total. The maximum Gasteiger partial charge on any atom is 0.262 e. The molecule has 0 atom stereocenters. The van der Waals surface area contributed by atoms with Crippen LogP contribution in [0.5, 0.6) is 0 Å². The Balaban J connectivity index is 2.22. The molecule has 0 aliphatic rings. The highest BCUT2D eigenvalue weighted by atomic mass is 16.2. The minimum atomic E-state index is -0.446. The number of aromatic amines is 2. The maximum absolute atomic E-state index is 12.1. The van der Waals surface area contributed by atoms with Gasteiger partial charge in [-0.15, -0.1) is 0 Å². The fourth-order valence-corrected chi connectivity index (χ4v) is 2.14. The second kappa shape index (κ2) is 5.73. The molecule has 0 saturated carbocycles. The van der Waals surface area contributed by atoms with E-state index in [0.29, 0.717) is 11.4 Å². The molecule has 0 bridgehead atoms. The number of amides is 1. The molecule has 2 heterocycles. The third-order valence-electron chi connectivity index (χ3n) is 2.98. The number of hydrogen-bond acceptors (Lipinski definition) is 3. The lowest BCUT2D eigenvalue weighted by molar-refractivity contribution is 0.102. The van der Waals surface area contributed by atoms with Crippen molar-refractivity contribution in [2.24, 2.45) is 0 Å². The summed E-state index contributed by atoms with van der Waals surface area (Å²) < 4.78 is 0. The molecule has 2 rings (SSSR count). The molecule has 0 saturated heterocycles. The summed E-state index contributed by atoms with van der Waals surface area (Å²) in [5, 5.41) is 9.50. The van der Waals surface area contributed by atoms with Gasteiger partial charge in [0.05, 0.1) is 0 Å². The van der Waals surface area contributed by atoms with Crippen LogP contribution in [-0.2, 0) is 6.42 Å². The van der Waals surface area contributed by atoms with Gasteiger partial charge in [-0.2, -0.15) is 5.10 Å². The first-order chi connectivity index (χ1) is 9.51. The largest absolute Gasteiger partial charge is 0.326 e. The molecule has 0 aliphatic carbocycles. The number of pyridine rings is 1. The molecule has 106 valence electrons. The summed E-state index contributed by atoms with van der Waals surface area (Å²) in [7, 11) is 0. The van der Waals surface area contributed by atoms with Gasteiger partial charge in [0.2, 0.25) is 0 Å². The van der Waals surface area contributed by atoms with Crippen molar-refractivity contribution >= 4 is 11.7 Å². The first kappa shape index (κ1) is 14.0. The number of carbonyl (C=O) groups is 1. The second-order valence-corrected chi connectivity index (χ2v) is 4.82. The molecular weight excluding hydrogens is 256 g/mol. The van der Waals surface area contributed by atoms with Gasteiger partial charge < -0.3 is 10.3 Å². The van der Waals surface area contributed by atoms with Crippen LogP contribution in [0.3, 0.4) is 0 Å². The number of aryl methyl sites for hydroxylation is 3. The zero-order chi connectivity index (χ0) is 14.7. The summed E-state index contributed by atoms with van der Waals surface area (Å²) in [6.45, 7) is 5.58. The Hall–Kier alpha value is -2.37. The molecule has 0 unspecified atom stereocenters. The minimum Gasteiger partial charge on any atom is -0.326 e. The summed E-state index contributed by atoms with van der Waals surface area (Å²) in [6, 6.07) is 3.54. The van der Waals surface area contributed by atoms with Crippen LogP contribution in [0.2, 0.25) is 0 Å². The predicted octanol–water partition coefficient (Wildman–Crippen LogP) is 1.92. The van der Waals surface area contributed by atoms with E-state index in [0.717, 1.165) is 24.2 Å². The summed E-state index contributed by atoms with van der Waals surface area (Å²) in [5.41, 5.74) is 2.07. The van der Waals surface area contributed by atoms with Crippen molar-refractivity contribution in [2.75, 3.05) is 5.32 Å². The highest BCUT2D eigenvalue weighted by molar-refractivity contribution is 6.04. The fraction of sp³-hybridized carbons (Fsp3) is 0.357. The Kier molecular flexibility index (Phi) is 4.02. The first-order valence-corrected chi connectivity index (χ1v) is 6.57. The standard InChI is InChI=1S/C14H18N4O2/c1-4-5-10-7-11(18-17-10)16-14(20)12-8(2)6-9(3)15-13(12)19/h6-7H,4-5H2,1-3H3,(H,15,19)(H2,16,17,18,20). The smallest absolute Gasteiger partial charge is 0.262 e. The van der Waals surface area contributed by atoms with Crippen LogP contribution in [0, 0.1) is 13.8 Å². The van der Waals surface area contributed by atoms with Crippen molar-refractivity contribution in [3.63, 3.8) is 0 Å². The summed E-state index contributed by atoms with van der Waals surface area (Å²) in [5.74, 6) is -0.0175. The van der Waals surface area contributed by atoms with E-state index in [9.17, 15) is 9.59 Å². The third kappa shape index (κ3) is 2.96. The maximum atomic E-state index is 12.1. The Labute approximate surface area is 116 Å². The minimum absolute atomic E-state index is 0.121. The molecular formula is C14H18N4O2. The van der Waals surface area contributed by atoms with Crippen molar-refractivity contribution < 1.29 is 4.79 Å². The molecule has 6 heteroatoms. The number of aromatic nitrogens is 3. The van der Waals surface area contributed by atoms with Crippen LogP contribution in [0.25, 0.3) is 0 Å². The molecule has 0 radical (unpaired) electrons. The van der Waals surface area contributed by atoms with Gasteiger partial charge in [0.1, 0.15) is 5.56 Å². The number of nitrogens with one attached hydrogen (secondary N) is 3. The van der Waals surface area contributed by atoms with Gasteiger partial charge in [0.15, 0.2) is 5.82 Å². The molecule has 2 aromatic heterocycles. The van der Waals surface area contributed by atoms with E-state index in [1.165, 1.54) is 0 Å². The lowest BCUT2D eigenvalue weighted by Crippen LogP contribution is -2.25. The SMILES string of the molecule is CCCc1cc(NC(=O)c2c(C)cc(C)[nH]c2=O)n[nH]1. The molecule has 2 aromatic rings. The fourth-order valence-electron chi connectivity index (χ4n) is 2.14. The Bertz CT molecular complexity index is 685. The summed E-state index contributed by atoms with van der Waals surface area (Å²) in [4.78, 5) is 26.6. The van der Waals surface area contributed by atoms with Crippen molar-refractivity contribution in [3.05, 3.63) is 45.0 Å². The van der Waals surface area contributed by atoms with E-state index in [-0.39, 0.29) is 11.1 Å². The zero-order valence-electron chi connectivity index (χ0n) is 11.8. The summed E-state index contributed by atoms with van der Waals surface area (Å²) in [6.07, 6.45) is 1.86. The Morgan fingerprint density at radius 1 is 1.35 bits per heavy atom. The van der Waals surface area contributed by atoms with Gasteiger partial charge in [-0.05, 0) is 31.9 Å². The monoisotopic (exact) mass is 274 g/mol. The van der Waals surface area contributed by atoms with E-state index in [4.69, 9.17) is 0 Å². The van der Waals surface area contributed by atoms with E-state index >= 15 is 0 Å². The second-order valence-electron chi connectivity index (χ2n) is 4.82. The molecule has 20 heavy (non-hydrogen) atoms. The number of carbonyl (C=O) groups excluding carboxylic acids is 1. The predicted molar refractivity (Wildman–Crippen MR) is 77.1 cm³/mol. The van der Waals surface area contributed by atoms with Crippen LogP contribution in [0.15, 0.2) is 16.9 Å². The molecule has 0 spiro atoms. The van der Waals surface area contributed by atoms with Crippen molar-refractivity contribution in [3.8, 4) is 0 Å². The van der Waals surface area contributed by atoms with Crippen LogP contribution in [0.1, 0.15) is 40.7 Å². The van der Waals surface area contributed by atoms with E-state index in [1.54, 1.807) is 26.0 Å². The van der Waals surface area contributed by atoms with E-state index in [1.807, 2.05) is 0 Å². The van der Waals surface area contributed by atoms with Gasteiger partial charge in [0.25, 0.3) is 11.5 Å². The molecule has 0 aliphatic heterocycles. The molecule has 0 aromatic carbocycles. The number of anilines is 1. The Morgan fingerprint density at radius 3 is 2.75 bits per heavy atom. The lowest BCUT2D eigenvalue weighted by Gasteiger charge is -2.05. The highest BCUT2D eigenvalue weighted by Crippen LogP contribution is 2.10. The lowest BCUT2D eigenvalue weighted by atomic mass is 10.1. The average Bonchev–Trinajstić information content (AvgIpc) is 2.75. The number of rotatable bonds is 4. The van der Waals surface area contributed by atoms with Gasteiger partial charge in [-0.1, -0.05) is 13.3 Å². The van der Waals surface area contributed by atoms with E-state index < -0.39 is 5.91 Å². The first-order valence-electron chi connectivity index (χ1n) is 6.57. The average molecular weight is 274 g/mol. The topological polar surface area (TPSA) is 90.6 Å². The van der Waals surface area contributed by atoms with Gasteiger partial charge in [-0.25, -0.2) is 0 Å². The normalized spacial score (nSPS) is 10.6. The number of H-pyrrole nitrogens is 2. The van der Waals surface area contributed by atoms with Gasteiger partial charge in [0, 0.05) is 17.5 Å². The number of hydrogen-bond donors (Lipinski definition) is 3.